The quantitative estimate of drug-likeness (QED) is 0.225. The summed E-state index contributed by atoms with van der Waals surface area (Å²) in [7, 11) is -0.840. The Bertz CT molecular complexity index is 1770. The number of amides is 2. The van der Waals surface area contributed by atoms with Gasteiger partial charge in [-0.3, -0.25) is 9.59 Å². The number of nitrogens with zero attached hydrogens (tertiary/aromatic N) is 2. The van der Waals surface area contributed by atoms with Crippen molar-refractivity contribution in [2.75, 3.05) is 33.9 Å². The third-order valence-electron chi connectivity index (χ3n) is 7.53. The molecule has 1 N–H and O–H groups in total. The van der Waals surface area contributed by atoms with Gasteiger partial charge in [-0.05, 0) is 71.8 Å². The molecule has 1 fully saturated rings. The van der Waals surface area contributed by atoms with E-state index in [1.165, 1.54) is 14.2 Å². The second kappa shape index (κ2) is 13.7. The van der Waals surface area contributed by atoms with Gasteiger partial charge in [-0.1, -0.05) is 48.5 Å². The minimum Gasteiger partial charge on any atom is -0.495 e. The molecule has 0 atom stereocenters. The van der Waals surface area contributed by atoms with Crippen molar-refractivity contribution in [2.24, 2.45) is 0 Å². The molecule has 1 aliphatic rings. The average Bonchev–Trinajstić information content (AvgIpc) is 3.02. The van der Waals surface area contributed by atoms with E-state index < -0.39 is 9.84 Å². The molecule has 1 aromatic heterocycles. The number of ether oxygens (including phenoxy) is 2. The number of benzene rings is 3. The van der Waals surface area contributed by atoms with Crippen LogP contribution in [0.15, 0.2) is 89.8 Å². The number of pyridine rings is 1. The lowest BCUT2D eigenvalue weighted by molar-refractivity contribution is 0.0651. The lowest BCUT2D eigenvalue weighted by atomic mass is 10.0. The fourth-order valence-electron chi connectivity index (χ4n) is 5.05. The molecule has 1 aliphatic heterocycles. The average molecular weight is 614 g/mol. The third kappa shape index (κ3) is 7.26. The van der Waals surface area contributed by atoms with Gasteiger partial charge in [0.05, 0.1) is 20.0 Å². The van der Waals surface area contributed by atoms with Crippen molar-refractivity contribution < 1.29 is 27.5 Å². The number of rotatable bonds is 12. The topological polar surface area (TPSA) is 115 Å². The van der Waals surface area contributed by atoms with Crippen LogP contribution in [0.5, 0.6) is 11.6 Å². The first-order valence-corrected chi connectivity index (χ1v) is 16.1. The summed E-state index contributed by atoms with van der Waals surface area (Å²) >= 11 is 0. The van der Waals surface area contributed by atoms with Crippen molar-refractivity contribution in [3.8, 4) is 22.8 Å². The van der Waals surface area contributed by atoms with Crippen LogP contribution in [0.2, 0.25) is 0 Å². The molecule has 0 aliphatic carbocycles. The summed E-state index contributed by atoms with van der Waals surface area (Å²) in [6.45, 7) is 1.95. The van der Waals surface area contributed by atoms with Crippen LogP contribution in [-0.2, 0) is 22.0 Å². The highest BCUT2D eigenvalue weighted by Crippen LogP contribution is 2.32. The Morgan fingerprint density at radius 2 is 1.61 bits per heavy atom. The second-order valence-electron chi connectivity index (χ2n) is 10.6. The van der Waals surface area contributed by atoms with Gasteiger partial charge in [-0.15, -0.1) is 0 Å². The van der Waals surface area contributed by atoms with Crippen LogP contribution in [0.4, 0.5) is 0 Å². The monoisotopic (exact) mass is 613 g/mol. The predicted molar refractivity (Wildman–Crippen MR) is 168 cm³/mol. The van der Waals surface area contributed by atoms with Gasteiger partial charge in [0.25, 0.3) is 11.8 Å². The van der Waals surface area contributed by atoms with Crippen molar-refractivity contribution in [2.45, 2.75) is 29.9 Å². The lowest BCUT2D eigenvalue weighted by Gasteiger charge is -2.31. The fraction of sp³-hybridized carbons (Fsp3) is 0.265. The summed E-state index contributed by atoms with van der Waals surface area (Å²) in [5.41, 5.74) is 3.92. The Kier molecular flexibility index (Phi) is 9.59. The smallest absolute Gasteiger partial charge is 0.270 e. The zero-order chi connectivity index (χ0) is 31.1. The van der Waals surface area contributed by atoms with Crippen molar-refractivity contribution in [3.63, 3.8) is 0 Å². The molecular weight excluding hydrogens is 578 g/mol. The Balaban J connectivity index is 1.25. The summed E-state index contributed by atoms with van der Waals surface area (Å²) < 4.78 is 37.9. The van der Waals surface area contributed by atoms with E-state index in [9.17, 15) is 18.0 Å². The number of carbonyl (C=O) groups is 2. The van der Waals surface area contributed by atoms with Gasteiger partial charge in [0, 0.05) is 31.3 Å². The summed E-state index contributed by atoms with van der Waals surface area (Å²) in [4.78, 5) is 31.2. The van der Waals surface area contributed by atoms with E-state index in [-0.39, 0.29) is 33.9 Å². The van der Waals surface area contributed by atoms with Crippen LogP contribution in [0.25, 0.3) is 11.1 Å². The van der Waals surface area contributed by atoms with Crippen molar-refractivity contribution in [1.29, 1.82) is 0 Å². The number of nitrogens with one attached hydrogen (secondary N) is 1. The number of methoxy groups -OCH3 is 2. The third-order valence-corrected chi connectivity index (χ3v) is 9.23. The molecule has 0 bridgehead atoms. The first-order valence-electron chi connectivity index (χ1n) is 14.4. The molecule has 2 heterocycles. The number of likely N-dealkylation sites (tertiary alicyclic amines) is 1. The zero-order valence-corrected chi connectivity index (χ0v) is 25.6. The van der Waals surface area contributed by atoms with E-state index in [0.717, 1.165) is 30.6 Å². The van der Waals surface area contributed by atoms with E-state index >= 15 is 0 Å². The van der Waals surface area contributed by atoms with Gasteiger partial charge in [0.2, 0.25) is 5.88 Å². The molecule has 0 unspecified atom stereocenters. The molecular formula is C34H35N3O6S. The highest BCUT2D eigenvalue weighted by Gasteiger charge is 2.24. The Hall–Kier alpha value is -4.70. The maximum absolute atomic E-state index is 13.7. The molecule has 44 heavy (non-hydrogen) atoms. The first kappa shape index (κ1) is 30.7. The van der Waals surface area contributed by atoms with Gasteiger partial charge in [-0.2, -0.15) is 0 Å². The molecule has 0 saturated carbocycles. The number of aromatic nitrogens is 1. The van der Waals surface area contributed by atoms with Gasteiger partial charge in [-0.25, -0.2) is 13.4 Å². The molecule has 1 saturated heterocycles. The van der Waals surface area contributed by atoms with Crippen LogP contribution in [0.1, 0.15) is 44.8 Å². The van der Waals surface area contributed by atoms with Crippen molar-refractivity contribution in [3.05, 3.63) is 107 Å². The van der Waals surface area contributed by atoms with E-state index in [2.05, 4.69) is 10.3 Å². The summed E-state index contributed by atoms with van der Waals surface area (Å²) in [5, 5.41) is 2.86. The van der Waals surface area contributed by atoms with E-state index in [0.29, 0.717) is 42.0 Å². The van der Waals surface area contributed by atoms with Crippen LogP contribution in [0, 0.1) is 0 Å². The second-order valence-corrected chi connectivity index (χ2v) is 12.6. The minimum atomic E-state index is -3.79. The highest BCUT2D eigenvalue weighted by atomic mass is 32.2. The molecule has 10 heteroatoms. The predicted octanol–water partition coefficient (Wildman–Crippen LogP) is 4.95. The molecule has 0 radical (unpaired) electrons. The number of aryl methyl sites for hydroxylation is 1. The van der Waals surface area contributed by atoms with Crippen LogP contribution in [-0.4, -0.2) is 64.0 Å². The summed E-state index contributed by atoms with van der Waals surface area (Å²) in [6.07, 6.45) is 2.33. The summed E-state index contributed by atoms with van der Waals surface area (Å²) in [5.74, 6) is 0.132. The Labute approximate surface area is 257 Å². The normalized spacial score (nSPS) is 12.7. The number of sulfone groups is 1. The van der Waals surface area contributed by atoms with Crippen molar-refractivity contribution in [1.82, 2.24) is 15.2 Å². The Morgan fingerprint density at radius 1 is 0.864 bits per heavy atom. The SMILES string of the molecule is COc1cccc(C(=O)NCCCc2cccc(CS(=O)(=O)c3cc(-c4cccc(C(=O)N5CCC5)c4)ccc3OC)c2)n1. The number of hydrogen-bond acceptors (Lipinski definition) is 7. The minimum absolute atomic E-state index is 0.0180. The van der Waals surface area contributed by atoms with E-state index in [1.807, 2.05) is 30.3 Å². The molecule has 3 aromatic carbocycles. The molecule has 4 aromatic rings. The van der Waals surface area contributed by atoms with Gasteiger partial charge in [0.1, 0.15) is 16.3 Å². The van der Waals surface area contributed by atoms with E-state index in [4.69, 9.17) is 9.47 Å². The maximum Gasteiger partial charge on any atom is 0.270 e. The molecule has 0 spiro atoms. The number of carbonyl (C=O) groups excluding carboxylic acids is 2. The molecule has 5 rings (SSSR count). The van der Waals surface area contributed by atoms with Crippen molar-refractivity contribution >= 4 is 21.7 Å². The van der Waals surface area contributed by atoms with E-state index in [1.54, 1.807) is 59.5 Å². The standard InChI is InChI=1S/C34H35N3O6S/c1-42-30-16-15-27(26-11-4-12-28(21-26)34(39)37-18-7-19-37)22-31(30)44(40,41)23-25-9-3-8-24(20-25)10-6-17-35-33(38)29-13-5-14-32(36-29)43-2/h3-5,8-9,11-16,20-22H,6-7,10,17-19,23H2,1-2H3,(H,35,38). The fourth-order valence-corrected chi connectivity index (χ4v) is 6.58. The largest absolute Gasteiger partial charge is 0.495 e. The van der Waals surface area contributed by atoms with Gasteiger partial charge in [0.15, 0.2) is 9.84 Å². The maximum atomic E-state index is 13.7. The van der Waals surface area contributed by atoms with Gasteiger partial charge >= 0.3 is 0 Å². The zero-order valence-electron chi connectivity index (χ0n) is 24.8. The first-order chi connectivity index (χ1) is 21.3. The summed E-state index contributed by atoms with van der Waals surface area (Å²) in [6, 6.07) is 24.8. The lowest BCUT2D eigenvalue weighted by Crippen LogP contribution is -2.41. The Morgan fingerprint density at radius 3 is 2.36 bits per heavy atom. The molecule has 9 nitrogen and oxygen atoms in total. The molecule has 2 amide bonds. The van der Waals surface area contributed by atoms with Crippen LogP contribution in [0.3, 0.4) is 0 Å². The molecule has 228 valence electrons. The van der Waals surface area contributed by atoms with Crippen LogP contribution < -0.4 is 14.8 Å². The van der Waals surface area contributed by atoms with Gasteiger partial charge < -0.3 is 19.7 Å². The van der Waals surface area contributed by atoms with Crippen LogP contribution >= 0.6 is 0 Å². The highest BCUT2D eigenvalue weighted by molar-refractivity contribution is 7.90. The number of hydrogen-bond donors (Lipinski definition) is 1.